The minimum absolute atomic E-state index is 0.267. The summed E-state index contributed by atoms with van der Waals surface area (Å²) in [5, 5.41) is 4.38. The number of furan rings is 1. The Bertz CT molecular complexity index is 1650. The van der Waals surface area contributed by atoms with E-state index in [0.717, 1.165) is 11.1 Å². The Balaban J connectivity index is 1.37. The fourth-order valence-electron chi connectivity index (χ4n) is 3.51. The predicted octanol–water partition coefficient (Wildman–Crippen LogP) is 4.37. The molecule has 5 rings (SSSR count). The zero-order chi connectivity index (χ0) is 25.1. The fourth-order valence-corrected chi connectivity index (χ4v) is 4.40. The highest BCUT2D eigenvalue weighted by Crippen LogP contribution is 2.24. The second-order valence-corrected chi connectivity index (χ2v) is 8.68. The van der Waals surface area contributed by atoms with Gasteiger partial charge in [-0.2, -0.15) is 9.50 Å². The molecule has 9 heteroatoms. The average molecular weight is 500 g/mol. The summed E-state index contributed by atoms with van der Waals surface area (Å²) in [7, 11) is 0. The first kappa shape index (κ1) is 23.3. The highest BCUT2D eigenvalue weighted by molar-refractivity contribution is 7.15. The smallest absolute Gasteiger partial charge is 0.338 e. The largest absolute Gasteiger partial charge is 0.490 e. The summed E-state index contributed by atoms with van der Waals surface area (Å²) in [6, 6.07) is 17.9. The van der Waals surface area contributed by atoms with Crippen molar-refractivity contribution in [1.82, 2.24) is 14.6 Å². The van der Waals surface area contributed by atoms with Gasteiger partial charge < -0.3 is 13.9 Å². The van der Waals surface area contributed by atoms with E-state index >= 15 is 0 Å². The van der Waals surface area contributed by atoms with Gasteiger partial charge in [-0.05, 0) is 55.5 Å². The zero-order valence-electron chi connectivity index (χ0n) is 19.3. The van der Waals surface area contributed by atoms with Crippen molar-refractivity contribution in [3.8, 4) is 28.5 Å². The topological polar surface area (TPSA) is 95.9 Å². The van der Waals surface area contributed by atoms with Crippen LogP contribution in [0.25, 0.3) is 33.7 Å². The molecule has 3 heterocycles. The van der Waals surface area contributed by atoms with Crippen molar-refractivity contribution in [3.05, 3.63) is 99.5 Å². The third-order valence-corrected chi connectivity index (χ3v) is 6.20. The third kappa shape index (κ3) is 4.69. The van der Waals surface area contributed by atoms with Crippen molar-refractivity contribution >= 4 is 28.3 Å². The van der Waals surface area contributed by atoms with Gasteiger partial charge in [0.15, 0.2) is 5.82 Å². The SMILES string of the molecule is C=CCOc1ccc(-c2nc3s/c(=C/c4ccc(-c5ccc(C(=O)OCC)cc5)o4)c(=O)n3n2)cc1. The molecule has 0 unspecified atom stereocenters. The van der Waals surface area contributed by atoms with Gasteiger partial charge in [0, 0.05) is 17.2 Å². The van der Waals surface area contributed by atoms with Gasteiger partial charge in [-0.15, -0.1) is 5.10 Å². The van der Waals surface area contributed by atoms with Crippen molar-refractivity contribution in [2.75, 3.05) is 13.2 Å². The van der Waals surface area contributed by atoms with Crippen LogP contribution in [-0.4, -0.2) is 33.8 Å². The van der Waals surface area contributed by atoms with Gasteiger partial charge in [0.1, 0.15) is 28.4 Å². The zero-order valence-corrected chi connectivity index (χ0v) is 20.2. The lowest BCUT2D eigenvalue weighted by Crippen LogP contribution is -2.23. The number of nitrogens with zero attached hydrogens (tertiary/aromatic N) is 3. The van der Waals surface area contributed by atoms with E-state index in [1.807, 2.05) is 30.3 Å². The molecule has 0 amide bonds. The fraction of sp³-hybridized carbons (Fsp3) is 0.111. The van der Waals surface area contributed by atoms with Gasteiger partial charge in [0.05, 0.1) is 12.2 Å². The van der Waals surface area contributed by atoms with Crippen LogP contribution in [0.5, 0.6) is 5.75 Å². The van der Waals surface area contributed by atoms with E-state index < -0.39 is 0 Å². The molecule has 0 aliphatic carbocycles. The molecule has 0 saturated carbocycles. The van der Waals surface area contributed by atoms with Gasteiger partial charge in [-0.3, -0.25) is 4.79 Å². The van der Waals surface area contributed by atoms with Gasteiger partial charge in [0.2, 0.25) is 4.96 Å². The van der Waals surface area contributed by atoms with Gasteiger partial charge in [-0.1, -0.05) is 36.1 Å². The van der Waals surface area contributed by atoms with Gasteiger partial charge in [-0.25, -0.2) is 4.79 Å². The summed E-state index contributed by atoms with van der Waals surface area (Å²) in [4.78, 5) is 29.7. The van der Waals surface area contributed by atoms with Crippen LogP contribution >= 0.6 is 11.3 Å². The van der Waals surface area contributed by atoms with Crippen LogP contribution in [0, 0.1) is 0 Å². The number of aromatic nitrogens is 3. The molecule has 0 spiro atoms. The second-order valence-electron chi connectivity index (χ2n) is 7.67. The summed E-state index contributed by atoms with van der Waals surface area (Å²) >= 11 is 1.24. The molecule has 2 aromatic carbocycles. The molecule has 36 heavy (non-hydrogen) atoms. The molecule has 0 radical (unpaired) electrons. The minimum atomic E-state index is -0.366. The van der Waals surface area contributed by atoms with E-state index in [1.165, 1.54) is 15.9 Å². The predicted molar refractivity (Wildman–Crippen MR) is 137 cm³/mol. The van der Waals surface area contributed by atoms with Crippen molar-refractivity contribution in [1.29, 1.82) is 0 Å². The molecule has 5 aromatic rings. The number of hydrogen-bond donors (Lipinski definition) is 0. The molecule has 180 valence electrons. The highest BCUT2D eigenvalue weighted by Gasteiger charge is 2.13. The van der Waals surface area contributed by atoms with Crippen LogP contribution in [0.4, 0.5) is 0 Å². The number of benzene rings is 2. The lowest BCUT2D eigenvalue weighted by Gasteiger charge is -2.02. The Morgan fingerprint density at radius 3 is 2.53 bits per heavy atom. The van der Waals surface area contributed by atoms with Crippen LogP contribution in [-0.2, 0) is 4.74 Å². The number of ether oxygens (including phenoxy) is 2. The van der Waals surface area contributed by atoms with Crippen LogP contribution in [0.3, 0.4) is 0 Å². The Morgan fingerprint density at radius 1 is 1.08 bits per heavy atom. The maximum Gasteiger partial charge on any atom is 0.338 e. The monoisotopic (exact) mass is 499 g/mol. The maximum absolute atomic E-state index is 12.9. The van der Waals surface area contributed by atoms with E-state index in [-0.39, 0.29) is 11.5 Å². The summed E-state index contributed by atoms with van der Waals surface area (Å²) < 4.78 is 18.2. The van der Waals surface area contributed by atoms with Crippen LogP contribution in [0.1, 0.15) is 23.0 Å². The molecular weight excluding hydrogens is 478 g/mol. The standard InChI is InChI=1S/C27H21N3O5S/c1-3-15-34-20-11-9-18(10-12-20)24-28-27-30(29-24)25(31)23(36-27)16-21-13-14-22(35-21)17-5-7-19(8-6-17)26(32)33-4-2/h3,5-14,16H,1,4,15H2,2H3/b23-16+. The molecule has 0 aliphatic rings. The van der Waals surface area contributed by atoms with E-state index in [9.17, 15) is 9.59 Å². The second kappa shape index (κ2) is 10.0. The molecule has 0 atom stereocenters. The van der Waals surface area contributed by atoms with Crippen molar-refractivity contribution in [3.63, 3.8) is 0 Å². The molecule has 0 aliphatic heterocycles. The lowest BCUT2D eigenvalue weighted by atomic mass is 10.1. The molecule has 0 N–H and O–H groups in total. The van der Waals surface area contributed by atoms with E-state index in [0.29, 0.717) is 51.4 Å². The van der Waals surface area contributed by atoms with Gasteiger partial charge >= 0.3 is 5.97 Å². The normalized spacial score (nSPS) is 11.6. The molecule has 0 saturated heterocycles. The third-order valence-electron chi connectivity index (χ3n) is 5.24. The Morgan fingerprint density at radius 2 is 1.83 bits per heavy atom. The number of esters is 1. The summed E-state index contributed by atoms with van der Waals surface area (Å²) in [6.07, 6.45) is 3.35. The van der Waals surface area contributed by atoms with Crippen LogP contribution < -0.4 is 14.8 Å². The van der Waals surface area contributed by atoms with Gasteiger partial charge in [0.25, 0.3) is 5.56 Å². The number of fused-ring (bicyclic) bond motifs is 1. The molecule has 0 bridgehead atoms. The van der Waals surface area contributed by atoms with Crippen LogP contribution in [0.2, 0.25) is 0 Å². The Labute approximate surface area is 209 Å². The maximum atomic E-state index is 12.9. The number of hydrogen-bond acceptors (Lipinski definition) is 8. The quantitative estimate of drug-likeness (QED) is 0.231. The summed E-state index contributed by atoms with van der Waals surface area (Å²) in [5.41, 5.74) is 1.79. The van der Waals surface area contributed by atoms with Crippen LogP contribution in [0.15, 0.2) is 82.5 Å². The summed E-state index contributed by atoms with van der Waals surface area (Å²) in [5.74, 6) is 1.96. The molecule has 3 aromatic heterocycles. The first-order valence-corrected chi connectivity index (χ1v) is 12.0. The lowest BCUT2D eigenvalue weighted by molar-refractivity contribution is 0.0526. The molecule has 0 fully saturated rings. The number of rotatable bonds is 8. The highest BCUT2D eigenvalue weighted by atomic mass is 32.1. The summed E-state index contributed by atoms with van der Waals surface area (Å²) in [6.45, 7) is 6.14. The molecule has 8 nitrogen and oxygen atoms in total. The van der Waals surface area contributed by atoms with E-state index in [1.54, 1.807) is 49.4 Å². The van der Waals surface area contributed by atoms with E-state index in [2.05, 4.69) is 16.7 Å². The van der Waals surface area contributed by atoms with Crippen molar-refractivity contribution < 1.29 is 18.7 Å². The van der Waals surface area contributed by atoms with Crippen molar-refractivity contribution in [2.24, 2.45) is 0 Å². The van der Waals surface area contributed by atoms with E-state index in [4.69, 9.17) is 13.9 Å². The Hall–Kier alpha value is -4.50. The molecular formula is C27H21N3O5S. The number of carbonyl (C=O) groups excluding carboxylic acids is 1. The number of thiazole rings is 1. The first-order valence-electron chi connectivity index (χ1n) is 11.2. The minimum Gasteiger partial charge on any atom is -0.490 e. The number of carbonyl (C=O) groups is 1. The average Bonchev–Trinajstić information content (AvgIpc) is 3.61. The Kier molecular flexibility index (Phi) is 6.46. The van der Waals surface area contributed by atoms with Crippen molar-refractivity contribution in [2.45, 2.75) is 6.92 Å². The first-order chi connectivity index (χ1) is 17.6.